The summed E-state index contributed by atoms with van der Waals surface area (Å²) in [5, 5.41) is 13.8. The smallest absolute Gasteiger partial charge is 0.306 e. The molecule has 174 valence electrons. The summed E-state index contributed by atoms with van der Waals surface area (Å²) >= 11 is 0. The molecular formula is C23H25FN4O5. The van der Waals surface area contributed by atoms with E-state index in [-0.39, 0.29) is 30.5 Å². The number of morpholine rings is 1. The van der Waals surface area contributed by atoms with Crippen LogP contribution in [0.5, 0.6) is 0 Å². The Labute approximate surface area is 190 Å². The minimum absolute atomic E-state index is 0.0192. The molecule has 9 nitrogen and oxygen atoms in total. The molecule has 0 bridgehead atoms. The molecule has 2 heterocycles. The third kappa shape index (κ3) is 5.52. The molecule has 0 aromatic heterocycles. The number of carbonyl (C=O) groups is 2. The zero-order chi connectivity index (χ0) is 23.4. The highest BCUT2D eigenvalue weighted by atomic mass is 19.1. The van der Waals surface area contributed by atoms with Gasteiger partial charge in [0.05, 0.1) is 29.7 Å². The molecule has 0 radical (unpaired) electrons. The molecule has 0 aliphatic carbocycles. The van der Waals surface area contributed by atoms with Crippen molar-refractivity contribution in [1.82, 2.24) is 4.90 Å². The van der Waals surface area contributed by atoms with Crippen LogP contribution >= 0.6 is 0 Å². The lowest BCUT2D eigenvalue weighted by Crippen LogP contribution is -2.37. The van der Waals surface area contributed by atoms with Crippen LogP contribution in [0.1, 0.15) is 12.0 Å². The summed E-state index contributed by atoms with van der Waals surface area (Å²) in [5.41, 5.74) is 1.30. The molecule has 2 aromatic carbocycles. The van der Waals surface area contributed by atoms with Gasteiger partial charge in [0.15, 0.2) is 0 Å². The fraction of sp³-hybridized carbons (Fsp3) is 0.391. The molecule has 2 saturated heterocycles. The van der Waals surface area contributed by atoms with Gasteiger partial charge in [-0.1, -0.05) is 12.1 Å². The van der Waals surface area contributed by atoms with Gasteiger partial charge < -0.3 is 15.0 Å². The highest BCUT2D eigenvalue weighted by molar-refractivity contribution is 6.03. The normalized spacial score (nSPS) is 19.0. The molecule has 4 rings (SSSR count). The standard InChI is InChI=1S/C23H25FN4O5/c24-20-6-5-19(14-21(20)28(31)32)27-15-17(13-22(27)29)23(30)25-18-3-1-16(2-4-18)7-8-26-9-11-33-12-10-26/h1-6,14,17H,7-13,15H2,(H,25,30). The zero-order valence-electron chi connectivity index (χ0n) is 18.0. The summed E-state index contributed by atoms with van der Waals surface area (Å²) in [4.78, 5) is 38.9. The number of ether oxygens (including phenoxy) is 1. The van der Waals surface area contributed by atoms with E-state index < -0.39 is 22.3 Å². The van der Waals surface area contributed by atoms with Crippen LogP contribution in [-0.2, 0) is 20.7 Å². The number of benzene rings is 2. The van der Waals surface area contributed by atoms with Gasteiger partial charge in [-0.15, -0.1) is 0 Å². The van der Waals surface area contributed by atoms with Crippen LogP contribution in [0.2, 0.25) is 0 Å². The Morgan fingerprint density at radius 1 is 1.18 bits per heavy atom. The fourth-order valence-electron chi connectivity index (χ4n) is 4.05. The van der Waals surface area contributed by atoms with Crippen LogP contribution in [0, 0.1) is 21.8 Å². The minimum atomic E-state index is -0.974. The topological polar surface area (TPSA) is 105 Å². The molecule has 1 unspecified atom stereocenters. The molecule has 2 fully saturated rings. The van der Waals surface area contributed by atoms with E-state index in [1.165, 1.54) is 16.5 Å². The minimum Gasteiger partial charge on any atom is -0.379 e. The molecule has 2 aliphatic heterocycles. The van der Waals surface area contributed by atoms with Crippen molar-refractivity contribution >= 4 is 28.9 Å². The molecule has 0 saturated carbocycles. The maximum absolute atomic E-state index is 13.6. The van der Waals surface area contributed by atoms with Crippen molar-refractivity contribution in [3.8, 4) is 0 Å². The largest absolute Gasteiger partial charge is 0.379 e. The summed E-state index contributed by atoms with van der Waals surface area (Å²) in [7, 11) is 0. The van der Waals surface area contributed by atoms with Gasteiger partial charge in [-0.05, 0) is 36.2 Å². The van der Waals surface area contributed by atoms with Gasteiger partial charge in [-0.2, -0.15) is 4.39 Å². The number of nitro benzene ring substituents is 1. The third-order valence-electron chi connectivity index (χ3n) is 5.98. The summed E-state index contributed by atoms with van der Waals surface area (Å²) in [6.45, 7) is 4.45. The van der Waals surface area contributed by atoms with E-state index in [9.17, 15) is 24.1 Å². The van der Waals surface area contributed by atoms with Crippen LogP contribution in [0.4, 0.5) is 21.5 Å². The van der Waals surface area contributed by atoms with Crippen molar-refractivity contribution in [3.63, 3.8) is 0 Å². The van der Waals surface area contributed by atoms with Gasteiger partial charge in [-0.3, -0.25) is 24.6 Å². The Morgan fingerprint density at radius 2 is 1.91 bits per heavy atom. The van der Waals surface area contributed by atoms with Gasteiger partial charge >= 0.3 is 5.69 Å². The first-order chi connectivity index (χ1) is 15.9. The lowest BCUT2D eigenvalue weighted by molar-refractivity contribution is -0.387. The number of hydrogen-bond donors (Lipinski definition) is 1. The van der Waals surface area contributed by atoms with Gasteiger partial charge in [0.2, 0.25) is 17.6 Å². The molecule has 1 atom stereocenters. The highest BCUT2D eigenvalue weighted by Crippen LogP contribution is 2.30. The second-order valence-corrected chi connectivity index (χ2v) is 8.19. The number of carbonyl (C=O) groups excluding carboxylic acids is 2. The second-order valence-electron chi connectivity index (χ2n) is 8.19. The molecule has 2 aliphatic rings. The Kier molecular flexibility index (Phi) is 6.95. The van der Waals surface area contributed by atoms with Crippen LogP contribution in [0.3, 0.4) is 0 Å². The van der Waals surface area contributed by atoms with E-state index in [0.29, 0.717) is 5.69 Å². The van der Waals surface area contributed by atoms with Crippen LogP contribution in [-0.4, -0.2) is 61.0 Å². The summed E-state index contributed by atoms with van der Waals surface area (Å²) in [6.07, 6.45) is 0.888. The Bertz CT molecular complexity index is 1040. The molecule has 10 heteroatoms. The first kappa shape index (κ1) is 22.8. The van der Waals surface area contributed by atoms with E-state index in [4.69, 9.17) is 4.74 Å². The number of nitrogens with one attached hydrogen (secondary N) is 1. The van der Waals surface area contributed by atoms with E-state index in [1.807, 2.05) is 24.3 Å². The van der Waals surface area contributed by atoms with E-state index >= 15 is 0 Å². The monoisotopic (exact) mass is 456 g/mol. The molecule has 0 spiro atoms. The number of anilines is 2. The maximum atomic E-state index is 13.6. The molecule has 2 aromatic rings. The average Bonchev–Trinajstić information content (AvgIpc) is 3.21. The molecular weight excluding hydrogens is 431 g/mol. The van der Waals surface area contributed by atoms with E-state index in [0.717, 1.165) is 51.4 Å². The number of hydrogen-bond acceptors (Lipinski definition) is 6. The average molecular weight is 456 g/mol. The lowest BCUT2D eigenvalue weighted by atomic mass is 10.1. The number of rotatable bonds is 7. The first-order valence-electron chi connectivity index (χ1n) is 10.8. The predicted octanol–water partition coefficient (Wildman–Crippen LogP) is 2.60. The van der Waals surface area contributed by atoms with Crippen LogP contribution in [0.15, 0.2) is 42.5 Å². The highest BCUT2D eigenvalue weighted by Gasteiger charge is 2.36. The molecule has 33 heavy (non-hydrogen) atoms. The lowest BCUT2D eigenvalue weighted by Gasteiger charge is -2.26. The fourth-order valence-corrected chi connectivity index (χ4v) is 4.05. The van der Waals surface area contributed by atoms with Crippen LogP contribution in [0.25, 0.3) is 0 Å². The van der Waals surface area contributed by atoms with Crippen molar-refractivity contribution in [2.75, 3.05) is 49.6 Å². The van der Waals surface area contributed by atoms with Gasteiger partial charge in [0.1, 0.15) is 0 Å². The van der Waals surface area contributed by atoms with Gasteiger partial charge in [-0.25, -0.2) is 0 Å². The van der Waals surface area contributed by atoms with E-state index in [2.05, 4.69) is 10.2 Å². The van der Waals surface area contributed by atoms with Crippen molar-refractivity contribution in [3.05, 3.63) is 64.0 Å². The summed E-state index contributed by atoms with van der Waals surface area (Å²) in [6, 6.07) is 10.9. The third-order valence-corrected chi connectivity index (χ3v) is 5.98. The Hall–Kier alpha value is -3.37. The summed E-state index contributed by atoms with van der Waals surface area (Å²) < 4.78 is 19.0. The quantitative estimate of drug-likeness (QED) is 0.507. The second kappa shape index (κ2) is 10.1. The number of nitrogens with zero attached hydrogens (tertiary/aromatic N) is 3. The number of amides is 2. The maximum Gasteiger partial charge on any atom is 0.306 e. The van der Waals surface area contributed by atoms with Crippen molar-refractivity contribution in [2.24, 2.45) is 5.92 Å². The SMILES string of the molecule is O=C(Nc1ccc(CCN2CCOCC2)cc1)C1CC(=O)N(c2ccc(F)c([N+](=O)[O-])c2)C1. The van der Waals surface area contributed by atoms with Crippen LogP contribution < -0.4 is 10.2 Å². The Balaban J connectivity index is 1.33. The van der Waals surface area contributed by atoms with Gasteiger partial charge in [0.25, 0.3) is 0 Å². The molecule has 2 amide bonds. The Morgan fingerprint density at radius 3 is 2.61 bits per heavy atom. The first-order valence-corrected chi connectivity index (χ1v) is 10.8. The number of halogens is 1. The number of nitro groups is 1. The van der Waals surface area contributed by atoms with Crippen molar-refractivity contribution in [1.29, 1.82) is 0 Å². The van der Waals surface area contributed by atoms with Gasteiger partial charge in [0, 0.05) is 44.4 Å². The predicted molar refractivity (Wildman–Crippen MR) is 120 cm³/mol. The zero-order valence-corrected chi connectivity index (χ0v) is 18.0. The van der Waals surface area contributed by atoms with Crippen molar-refractivity contribution in [2.45, 2.75) is 12.8 Å². The van der Waals surface area contributed by atoms with E-state index in [1.54, 1.807) is 0 Å². The van der Waals surface area contributed by atoms with Crippen molar-refractivity contribution < 1.29 is 23.6 Å². The molecule has 1 N–H and O–H groups in total. The summed E-state index contributed by atoms with van der Waals surface area (Å²) in [5.74, 6) is -2.22.